The fourth-order valence-corrected chi connectivity index (χ4v) is 5.79. The van der Waals surface area contributed by atoms with Crippen LogP contribution in [0.5, 0.6) is 0 Å². The zero-order chi connectivity index (χ0) is 25.1. The first kappa shape index (κ1) is 24.7. The Morgan fingerprint density at radius 3 is 2.83 bits per heavy atom. The first-order valence-corrected chi connectivity index (χ1v) is 13.4. The van der Waals surface area contributed by atoms with E-state index in [2.05, 4.69) is 17.4 Å². The fraction of sp³-hybridized carbons (Fsp3) is 0.333. The zero-order valence-corrected chi connectivity index (χ0v) is 21.7. The predicted molar refractivity (Wildman–Crippen MR) is 148 cm³/mol. The lowest BCUT2D eigenvalue weighted by Crippen LogP contribution is -2.29. The summed E-state index contributed by atoms with van der Waals surface area (Å²) in [5.74, 6) is 0.288. The van der Waals surface area contributed by atoms with Crippen LogP contribution in [0.15, 0.2) is 58.4 Å². The van der Waals surface area contributed by atoms with Crippen molar-refractivity contribution in [1.29, 1.82) is 0 Å². The number of pyridine rings is 1. The summed E-state index contributed by atoms with van der Waals surface area (Å²) in [6, 6.07) is 13.9. The number of carbonyl (C=O) groups is 1. The van der Waals surface area contributed by atoms with Gasteiger partial charge in [-0.15, -0.1) is 0 Å². The summed E-state index contributed by atoms with van der Waals surface area (Å²) in [4.78, 5) is 33.6. The van der Waals surface area contributed by atoms with Gasteiger partial charge in [-0.25, -0.2) is 4.98 Å². The molecule has 9 heteroatoms. The molecule has 0 radical (unpaired) electrons. The maximum absolute atomic E-state index is 13.5. The van der Waals surface area contributed by atoms with E-state index in [1.165, 1.54) is 21.7 Å². The van der Waals surface area contributed by atoms with Crippen LogP contribution in [0.3, 0.4) is 0 Å². The second-order valence-corrected chi connectivity index (χ2v) is 10.7. The number of anilines is 1. The molecule has 0 bridgehead atoms. The van der Waals surface area contributed by atoms with E-state index < -0.39 is 0 Å². The van der Waals surface area contributed by atoms with Crippen LogP contribution in [0.4, 0.5) is 5.82 Å². The van der Waals surface area contributed by atoms with Gasteiger partial charge in [-0.1, -0.05) is 60.4 Å². The highest BCUT2D eigenvalue weighted by Crippen LogP contribution is 2.33. The summed E-state index contributed by atoms with van der Waals surface area (Å²) < 4.78 is 7.77. The molecule has 36 heavy (non-hydrogen) atoms. The minimum atomic E-state index is -0.229. The molecule has 5 rings (SSSR count). The average molecular weight is 521 g/mol. The van der Waals surface area contributed by atoms with Crippen molar-refractivity contribution in [3.05, 3.63) is 80.6 Å². The van der Waals surface area contributed by atoms with Crippen molar-refractivity contribution in [2.75, 3.05) is 25.0 Å². The van der Waals surface area contributed by atoms with Gasteiger partial charge in [0.05, 0.1) is 16.6 Å². The quantitative estimate of drug-likeness (QED) is 0.348. The zero-order valence-electron chi connectivity index (χ0n) is 20.1. The monoisotopic (exact) mass is 520 g/mol. The molecule has 0 aliphatic carbocycles. The predicted octanol–water partition coefficient (Wildman–Crippen LogP) is 4.43. The van der Waals surface area contributed by atoms with Crippen LogP contribution >= 0.6 is 24.0 Å². The molecule has 3 aromatic rings. The minimum absolute atomic E-state index is 0.0813. The number of carbonyl (C=O) groups excluding carboxylic acids is 1. The fourth-order valence-electron chi connectivity index (χ4n) is 4.50. The first-order valence-electron chi connectivity index (χ1n) is 12.2. The number of hydrogen-bond acceptors (Lipinski definition) is 7. The smallest absolute Gasteiger partial charge is 0.267 e. The van der Waals surface area contributed by atoms with Crippen molar-refractivity contribution >= 4 is 51.7 Å². The molecule has 7 nitrogen and oxygen atoms in total. The Hall–Kier alpha value is -3.01. The highest BCUT2D eigenvalue weighted by atomic mass is 32.2. The van der Waals surface area contributed by atoms with Gasteiger partial charge in [0, 0.05) is 25.9 Å². The topological polar surface area (TPSA) is 75.9 Å². The second-order valence-electron chi connectivity index (χ2n) is 9.00. The summed E-state index contributed by atoms with van der Waals surface area (Å²) in [5, 5.41) is 3.32. The van der Waals surface area contributed by atoms with Crippen molar-refractivity contribution in [1.82, 2.24) is 14.3 Å². The summed E-state index contributed by atoms with van der Waals surface area (Å²) in [7, 11) is 0. The van der Waals surface area contributed by atoms with E-state index in [1.54, 1.807) is 17.2 Å². The van der Waals surface area contributed by atoms with Crippen LogP contribution in [0.25, 0.3) is 11.7 Å². The van der Waals surface area contributed by atoms with E-state index >= 15 is 0 Å². The number of thioether (sulfide) groups is 1. The number of rotatable bonds is 8. The molecule has 1 unspecified atom stereocenters. The molecule has 4 heterocycles. The highest BCUT2D eigenvalue weighted by molar-refractivity contribution is 8.26. The van der Waals surface area contributed by atoms with E-state index in [9.17, 15) is 9.59 Å². The normalized spacial score (nSPS) is 19.1. The number of ether oxygens (including phenoxy) is 1. The number of hydrogen-bond donors (Lipinski definition) is 1. The second kappa shape index (κ2) is 10.9. The largest absolute Gasteiger partial charge is 0.376 e. The van der Waals surface area contributed by atoms with Crippen LogP contribution in [0, 0.1) is 6.92 Å². The highest BCUT2D eigenvalue weighted by Gasteiger charge is 2.32. The molecule has 2 aliphatic heterocycles. The van der Waals surface area contributed by atoms with Crippen LogP contribution in [0.1, 0.15) is 36.0 Å². The van der Waals surface area contributed by atoms with Crippen LogP contribution in [0.2, 0.25) is 0 Å². The number of thiocarbonyl (C=S) groups is 1. The molecule has 1 aromatic carbocycles. The Morgan fingerprint density at radius 2 is 2.06 bits per heavy atom. The third-order valence-corrected chi connectivity index (χ3v) is 7.82. The molecular formula is C27H28N4O3S2. The lowest BCUT2D eigenvalue weighted by molar-refractivity contribution is -0.122. The third kappa shape index (κ3) is 5.23. The number of amides is 1. The SMILES string of the molecule is Cc1cccn2c(=O)c(/C=C3\SC(=S)N(CCCc4ccccc4)C3=O)c(NCC3CCCO3)nc12. The Morgan fingerprint density at radius 1 is 1.22 bits per heavy atom. The summed E-state index contributed by atoms with van der Waals surface area (Å²) in [5.41, 5.74) is 2.83. The van der Waals surface area contributed by atoms with E-state index in [0.717, 1.165) is 37.9 Å². The standard InChI is InChI=1S/C27H28N4O3S2/c1-18-8-5-13-30-24(18)29-23(28-17-20-12-7-15-34-20)21(25(30)32)16-22-26(33)31(27(35)36-22)14-6-11-19-9-3-2-4-10-19/h2-5,8-10,13,16,20,28H,6-7,11-12,14-15,17H2,1H3/b22-16-. The van der Waals surface area contributed by atoms with Crippen molar-refractivity contribution in [2.24, 2.45) is 0 Å². The van der Waals surface area contributed by atoms with Gasteiger partial charge < -0.3 is 10.1 Å². The van der Waals surface area contributed by atoms with Gasteiger partial charge in [-0.05, 0) is 55.9 Å². The number of nitrogens with zero attached hydrogens (tertiary/aromatic N) is 3. The van der Waals surface area contributed by atoms with Crippen molar-refractivity contribution in [2.45, 2.75) is 38.7 Å². The number of benzene rings is 1. The van der Waals surface area contributed by atoms with E-state index in [0.29, 0.717) is 39.3 Å². The van der Waals surface area contributed by atoms with Gasteiger partial charge in [0.25, 0.3) is 11.5 Å². The molecule has 0 saturated carbocycles. The Kier molecular flexibility index (Phi) is 7.50. The van der Waals surface area contributed by atoms with Gasteiger partial charge in [0.2, 0.25) is 0 Å². The Balaban J connectivity index is 1.41. The molecule has 2 aromatic heterocycles. The number of fused-ring (bicyclic) bond motifs is 1. The van der Waals surface area contributed by atoms with E-state index in [1.807, 2.05) is 37.3 Å². The molecule has 2 aliphatic rings. The van der Waals surface area contributed by atoms with E-state index in [4.69, 9.17) is 21.9 Å². The summed E-state index contributed by atoms with van der Waals surface area (Å²) in [6.45, 7) is 3.76. The summed E-state index contributed by atoms with van der Waals surface area (Å²) in [6.07, 6.45) is 7.08. The minimum Gasteiger partial charge on any atom is -0.376 e. The summed E-state index contributed by atoms with van der Waals surface area (Å²) >= 11 is 6.75. The lowest BCUT2D eigenvalue weighted by Gasteiger charge is -2.15. The van der Waals surface area contributed by atoms with Gasteiger partial charge >= 0.3 is 0 Å². The lowest BCUT2D eigenvalue weighted by atomic mass is 10.1. The number of nitrogens with one attached hydrogen (secondary N) is 1. The van der Waals surface area contributed by atoms with Crippen LogP contribution in [-0.2, 0) is 16.0 Å². The van der Waals surface area contributed by atoms with Gasteiger partial charge in [-0.3, -0.25) is 18.9 Å². The Labute approximate surface area is 219 Å². The number of aryl methyl sites for hydroxylation is 2. The van der Waals surface area contributed by atoms with Crippen molar-refractivity contribution < 1.29 is 9.53 Å². The number of aromatic nitrogens is 2. The molecule has 1 N–H and O–H groups in total. The Bertz CT molecular complexity index is 1380. The molecular weight excluding hydrogens is 492 g/mol. The van der Waals surface area contributed by atoms with Crippen molar-refractivity contribution in [3.8, 4) is 0 Å². The molecule has 1 amide bonds. The average Bonchev–Trinajstić information content (AvgIpc) is 3.49. The van der Waals surface area contributed by atoms with Crippen molar-refractivity contribution in [3.63, 3.8) is 0 Å². The molecule has 2 fully saturated rings. The van der Waals surface area contributed by atoms with Crippen LogP contribution < -0.4 is 10.9 Å². The first-order chi connectivity index (χ1) is 17.5. The van der Waals surface area contributed by atoms with Gasteiger partial charge in [0.1, 0.15) is 15.8 Å². The molecule has 2 saturated heterocycles. The van der Waals surface area contributed by atoms with Gasteiger partial charge in [-0.2, -0.15) is 0 Å². The van der Waals surface area contributed by atoms with Crippen LogP contribution in [-0.4, -0.2) is 50.3 Å². The van der Waals surface area contributed by atoms with E-state index in [-0.39, 0.29) is 17.6 Å². The molecule has 1 atom stereocenters. The molecule has 186 valence electrons. The van der Waals surface area contributed by atoms with Gasteiger partial charge in [0.15, 0.2) is 0 Å². The maximum Gasteiger partial charge on any atom is 0.267 e. The maximum atomic E-state index is 13.5. The third-order valence-electron chi connectivity index (χ3n) is 6.44. The molecule has 0 spiro atoms.